The summed E-state index contributed by atoms with van der Waals surface area (Å²) in [5, 5.41) is 4.24. The van der Waals surface area contributed by atoms with E-state index in [1.807, 2.05) is 6.07 Å². The van der Waals surface area contributed by atoms with Crippen molar-refractivity contribution >= 4 is 11.6 Å². The molecule has 1 unspecified atom stereocenters. The first-order valence-electron chi connectivity index (χ1n) is 6.26. The topological polar surface area (TPSA) is 28.2 Å². The monoisotopic (exact) mass is 253 g/mol. The van der Waals surface area contributed by atoms with Gasteiger partial charge in [0, 0.05) is 31.5 Å². The van der Waals surface area contributed by atoms with Crippen molar-refractivity contribution in [1.82, 2.24) is 15.2 Å². The van der Waals surface area contributed by atoms with Crippen molar-refractivity contribution in [3.8, 4) is 0 Å². The minimum atomic E-state index is 0.671. The molecule has 0 spiro atoms. The molecule has 4 heteroatoms. The van der Waals surface area contributed by atoms with Gasteiger partial charge < -0.3 is 10.2 Å². The number of piperidine rings is 1. The summed E-state index contributed by atoms with van der Waals surface area (Å²) in [6, 6.07) is 2.64. The molecule has 94 valence electrons. The van der Waals surface area contributed by atoms with Crippen LogP contribution in [0.1, 0.15) is 24.8 Å². The Morgan fingerprint density at radius 2 is 2.41 bits per heavy atom. The lowest BCUT2D eigenvalue weighted by molar-refractivity contribution is 0.181. The van der Waals surface area contributed by atoms with Gasteiger partial charge >= 0.3 is 0 Å². The predicted molar refractivity (Wildman–Crippen MR) is 71.2 cm³/mol. The minimum Gasteiger partial charge on any atom is -0.311 e. The molecule has 3 nitrogen and oxygen atoms in total. The number of rotatable bonds is 4. The average molecular weight is 254 g/mol. The van der Waals surface area contributed by atoms with Crippen LogP contribution in [0.4, 0.5) is 0 Å². The predicted octanol–water partition coefficient (Wildman–Crippen LogP) is 2.31. The number of nitrogens with one attached hydrogen (secondary N) is 1. The molecule has 1 saturated heterocycles. The second-order valence-electron chi connectivity index (χ2n) is 4.73. The van der Waals surface area contributed by atoms with Gasteiger partial charge in [-0.25, -0.2) is 0 Å². The van der Waals surface area contributed by atoms with E-state index in [1.165, 1.54) is 25.8 Å². The summed E-state index contributed by atoms with van der Waals surface area (Å²) < 4.78 is 0. The highest BCUT2D eigenvalue weighted by molar-refractivity contribution is 6.31. The van der Waals surface area contributed by atoms with E-state index < -0.39 is 0 Å². The number of likely N-dealkylation sites (tertiary alicyclic amines) is 1. The van der Waals surface area contributed by atoms with Gasteiger partial charge in [0.05, 0.1) is 5.02 Å². The maximum absolute atomic E-state index is 6.06. The second-order valence-corrected chi connectivity index (χ2v) is 5.14. The molecule has 1 fully saturated rings. The molecule has 0 radical (unpaired) electrons. The van der Waals surface area contributed by atoms with Crippen molar-refractivity contribution in [2.45, 2.75) is 31.8 Å². The number of aromatic nitrogens is 1. The zero-order valence-electron chi connectivity index (χ0n) is 10.3. The standard InChI is InChI=1S/C13H20ClN3/c1-17-7-3-2-4-12(17)9-16-8-11-5-6-15-10-13(11)14/h5-6,10,12,16H,2-4,7-9H2,1H3. The minimum absolute atomic E-state index is 0.671. The van der Waals surface area contributed by atoms with Crippen molar-refractivity contribution in [3.63, 3.8) is 0 Å². The molecular weight excluding hydrogens is 234 g/mol. The molecule has 2 rings (SSSR count). The van der Waals surface area contributed by atoms with Gasteiger partial charge in [0.15, 0.2) is 0 Å². The van der Waals surface area contributed by atoms with Crippen LogP contribution < -0.4 is 5.32 Å². The largest absolute Gasteiger partial charge is 0.311 e. The van der Waals surface area contributed by atoms with Crippen LogP contribution in [0, 0.1) is 0 Å². The summed E-state index contributed by atoms with van der Waals surface area (Å²) >= 11 is 6.06. The maximum atomic E-state index is 6.06. The summed E-state index contributed by atoms with van der Waals surface area (Å²) in [5.74, 6) is 0. The lowest BCUT2D eigenvalue weighted by Gasteiger charge is -2.32. The summed E-state index contributed by atoms with van der Waals surface area (Å²) in [5.41, 5.74) is 1.13. The molecule has 1 N–H and O–H groups in total. The number of nitrogens with zero attached hydrogens (tertiary/aromatic N) is 2. The number of halogens is 1. The van der Waals surface area contributed by atoms with Crippen LogP contribution in [0.5, 0.6) is 0 Å². The fourth-order valence-electron chi connectivity index (χ4n) is 2.32. The maximum Gasteiger partial charge on any atom is 0.0634 e. The van der Waals surface area contributed by atoms with E-state index in [0.29, 0.717) is 6.04 Å². The van der Waals surface area contributed by atoms with Crippen LogP contribution in [0.15, 0.2) is 18.5 Å². The van der Waals surface area contributed by atoms with Crippen molar-refractivity contribution < 1.29 is 0 Å². The Morgan fingerprint density at radius 3 is 3.18 bits per heavy atom. The molecule has 1 aromatic rings. The molecular formula is C13H20ClN3. The third-order valence-corrected chi connectivity index (χ3v) is 3.81. The summed E-state index contributed by atoms with van der Waals surface area (Å²) in [7, 11) is 2.21. The molecule has 1 aliphatic heterocycles. The SMILES string of the molecule is CN1CCCCC1CNCc1ccncc1Cl. The van der Waals surface area contributed by atoms with E-state index in [0.717, 1.165) is 23.7 Å². The molecule has 0 amide bonds. The van der Waals surface area contributed by atoms with E-state index in [4.69, 9.17) is 11.6 Å². The average Bonchev–Trinajstić information content (AvgIpc) is 2.34. The molecule has 0 aliphatic carbocycles. The molecule has 17 heavy (non-hydrogen) atoms. The van der Waals surface area contributed by atoms with Crippen LogP contribution in [-0.2, 0) is 6.54 Å². The van der Waals surface area contributed by atoms with Gasteiger partial charge in [0.1, 0.15) is 0 Å². The van der Waals surface area contributed by atoms with E-state index in [9.17, 15) is 0 Å². The fraction of sp³-hybridized carbons (Fsp3) is 0.615. The Labute approximate surface area is 108 Å². The van der Waals surface area contributed by atoms with Crippen LogP contribution in [0.2, 0.25) is 5.02 Å². The first kappa shape index (κ1) is 12.8. The molecule has 1 aromatic heterocycles. The molecule has 1 aliphatic rings. The Morgan fingerprint density at radius 1 is 1.53 bits per heavy atom. The first-order chi connectivity index (χ1) is 8.27. The highest BCUT2D eigenvalue weighted by atomic mass is 35.5. The second kappa shape index (κ2) is 6.34. The van der Waals surface area contributed by atoms with Crippen molar-refractivity contribution in [3.05, 3.63) is 29.0 Å². The van der Waals surface area contributed by atoms with Crippen LogP contribution in [-0.4, -0.2) is 36.1 Å². The molecule has 0 saturated carbocycles. The van der Waals surface area contributed by atoms with Crippen LogP contribution in [0.3, 0.4) is 0 Å². The van der Waals surface area contributed by atoms with Gasteiger partial charge in [-0.05, 0) is 38.1 Å². The third kappa shape index (κ3) is 3.66. The summed E-state index contributed by atoms with van der Waals surface area (Å²) in [6.45, 7) is 3.09. The Bertz CT molecular complexity index is 356. The third-order valence-electron chi connectivity index (χ3n) is 3.47. The quantitative estimate of drug-likeness (QED) is 0.893. The summed E-state index contributed by atoms with van der Waals surface area (Å²) in [6.07, 6.45) is 7.48. The molecule has 2 heterocycles. The Kier molecular flexibility index (Phi) is 4.77. The zero-order chi connectivity index (χ0) is 12.1. The van der Waals surface area contributed by atoms with Gasteiger partial charge in [-0.15, -0.1) is 0 Å². The smallest absolute Gasteiger partial charge is 0.0634 e. The number of hydrogen-bond donors (Lipinski definition) is 1. The fourth-order valence-corrected chi connectivity index (χ4v) is 2.51. The van der Waals surface area contributed by atoms with Crippen molar-refractivity contribution in [2.24, 2.45) is 0 Å². The van der Waals surface area contributed by atoms with Gasteiger partial charge in [-0.1, -0.05) is 18.0 Å². The lowest BCUT2D eigenvalue weighted by atomic mass is 10.0. The van der Waals surface area contributed by atoms with E-state index in [1.54, 1.807) is 12.4 Å². The van der Waals surface area contributed by atoms with Gasteiger partial charge in [0.25, 0.3) is 0 Å². The van der Waals surface area contributed by atoms with Gasteiger partial charge in [-0.2, -0.15) is 0 Å². The van der Waals surface area contributed by atoms with Gasteiger partial charge in [-0.3, -0.25) is 4.98 Å². The van der Waals surface area contributed by atoms with Gasteiger partial charge in [0.2, 0.25) is 0 Å². The highest BCUT2D eigenvalue weighted by Gasteiger charge is 2.17. The molecule has 0 aromatic carbocycles. The lowest BCUT2D eigenvalue weighted by Crippen LogP contribution is -2.42. The Balaban J connectivity index is 1.77. The summed E-state index contributed by atoms with van der Waals surface area (Å²) in [4.78, 5) is 6.44. The van der Waals surface area contributed by atoms with Crippen molar-refractivity contribution in [1.29, 1.82) is 0 Å². The number of likely N-dealkylation sites (N-methyl/N-ethyl adjacent to an activating group) is 1. The van der Waals surface area contributed by atoms with E-state index >= 15 is 0 Å². The molecule has 0 bridgehead atoms. The molecule has 1 atom stereocenters. The number of hydrogen-bond acceptors (Lipinski definition) is 3. The van der Waals surface area contributed by atoms with Crippen LogP contribution in [0.25, 0.3) is 0 Å². The first-order valence-corrected chi connectivity index (χ1v) is 6.64. The van der Waals surface area contributed by atoms with Crippen LogP contribution >= 0.6 is 11.6 Å². The van der Waals surface area contributed by atoms with E-state index in [-0.39, 0.29) is 0 Å². The number of pyridine rings is 1. The normalized spacial score (nSPS) is 21.6. The Hall–Kier alpha value is -0.640. The van der Waals surface area contributed by atoms with Crippen molar-refractivity contribution in [2.75, 3.05) is 20.1 Å². The highest BCUT2D eigenvalue weighted by Crippen LogP contribution is 2.15. The van der Waals surface area contributed by atoms with E-state index in [2.05, 4.69) is 22.2 Å². The zero-order valence-corrected chi connectivity index (χ0v) is 11.1.